The Labute approximate surface area is 108 Å². The van der Waals surface area contributed by atoms with Gasteiger partial charge in [0.25, 0.3) is 0 Å². The largest absolute Gasteiger partial charge is 0.387 e. The van der Waals surface area contributed by atoms with Gasteiger partial charge in [0.2, 0.25) is 0 Å². The molecule has 0 bridgehead atoms. The molecule has 1 aliphatic rings. The van der Waals surface area contributed by atoms with Gasteiger partial charge < -0.3 is 5.11 Å². The van der Waals surface area contributed by atoms with Crippen LogP contribution in [0, 0.1) is 11.7 Å². The summed E-state index contributed by atoms with van der Waals surface area (Å²) in [4.78, 5) is 4.10. The van der Waals surface area contributed by atoms with Gasteiger partial charge in [-0.1, -0.05) is 31.7 Å². The summed E-state index contributed by atoms with van der Waals surface area (Å²) >= 11 is 0. The van der Waals surface area contributed by atoms with E-state index in [1.54, 1.807) is 12.1 Å². The molecule has 0 aromatic heterocycles. The minimum absolute atomic E-state index is 0.301. The fourth-order valence-corrected chi connectivity index (χ4v) is 2.51. The molecular formula is C15H20FNO. The first-order valence-corrected chi connectivity index (χ1v) is 6.72. The quantitative estimate of drug-likeness (QED) is 0.790. The third-order valence-corrected chi connectivity index (χ3v) is 3.55. The van der Waals surface area contributed by atoms with Gasteiger partial charge in [0.15, 0.2) is 0 Å². The van der Waals surface area contributed by atoms with Crippen molar-refractivity contribution in [3.63, 3.8) is 0 Å². The van der Waals surface area contributed by atoms with Crippen LogP contribution < -0.4 is 0 Å². The van der Waals surface area contributed by atoms with Crippen molar-refractivity contribution in [1.29, 1.82) is 0 Å². The highest BCUT2D eigenvalue weighted by atomic mass is 19.1. The predicted octanol–water partition coefficient (Wildman–Crippen LogP) is 3.86. The van der Waals surface area contributed by atoms with Crippen LogP contribution in [0.4, 0.5) is 10.1 Å². The molecular weight excluding hydrogens is 229 g/mol. The Bertz CT molecular complexity index is 399. The van der Waals surface area contributed by atoms with Crippen molar-refractivity contribution in [3.05, 3.63) is 30.1 Å². The molecule has 1 atom stereocenters. The third-order valence-electron chi connectivity index (χ3n) is 3.55. The van der Waals surface area contributed by atoms with E-state index in [1.165, 1.54) is 44.0 Å². The molecule has 0 spiro atoms. The van der Waals surface area contributed by atoms with Crippen molar-refractivity contribution >= 4 is 11.9 Å². The Balaban J connectivity index is 1.77. The second-order valence-corrected chi connectivity index (χ2v) is 5.05. The fraction of sp³-hybridized carbons (Fsp3) is 0.533. The normalized spacial score (nSPS) is 18.6. The SMILES string of the molecule is OC(C=Nc1cccc(F)c1)CCC1CCCC1. The highest BCUT2D eigenvalue weighted by Crippen LogP contribution is 2.28. The number of aliphatic hydroxyl groups is 1. The summed E-state index contributed by atoms with van der Waals surface area (Å²) in [5, 5.41) is 9.80. The molecule has 98 valence electrons. The average Bonchev–Trinajstić information content (AvgIpc) is 2.87. The van der Waals surface area contributed by atoms with Gasteiger partial charge in [-0.15, -0.1) is 0 Å². The molecule has 1 aromatic carbocycles. The zero-order valence-corrected chi connectivity index (χ0v) is 10.6. The van der Waals surface area contributed by atoms with E-state index in [0.717, 1.165) is 18.8 Å². The maximum Gasteiger partial charge on any atom is 0.125 e. The highest BCUT2D eigenvalue weighted by molar-refractivity contribution is 5.67. The molecule has 2 rings (SSSR count). The Hall–Kier alpha value is -1.22. The van der Waals surface area contributed by atoms with E-state index in [9.17, 15) is 9.50 Å². The highest BCUT2D eigenvalue weighted by Gasteiger charge is 2.15. The first-order chi connectivity index (χ1) is 8.74. The number of nitrogens with zero attached hydrogens (tertiary/aromatic N) is 1. The van der Waals surface area contributed by atoms with Gasteiger partial charge in [0, 0.05) is 6.21 Å². The van der Waals surface area contributed by atoms with Gasteiger partial charge in [0.1, 0.15) is 5.82 Å². The van der Waals surface area contributed by atoms with Crippen molar-refractivity contribution in [2.75, 3.05) is 0 Å². The molecule has 0 aliphatic heterocycles. The zero-order valence-electron chi connectivity index (χ0n) is 10.6. The standard InChI is InChI=1S/C15H20FNO/c16-13-6-3-7-14(10-13)17-11-15(18)9-8-12-4-1-2-5-12/h3,6-7,10-12,15,18H,1-2,4-5,8-9H2. The number of hydrogen-bond donors (Lipinski definition) is 1. The smallest absolute Gasteiger partial charge is 0.125 e. The first kappa shape index (κ1) is 13.2. The van der Waals surface area contributed by atoms with Crippen molar-refractivity contribution in [1.82, 2.24) is 0 Å². The average molecular weight is 249 g/mol. The molecule has 1 saturated carbocycles. The van der Waals surface area contributed by atoms with Crippen LogP contribution in [0.3, 0.4) is 0 Å². The van der Waals surface area contributed by atoms with Gasteiger partial charge in [-0.3, -0.25) is 4.99 Å². The van der Waals surface area contributed by atoms with E-state index >= 15 is 0 Å². The van der Waals surface area contributed by atoms with Crippen LogP contribution in [0.25, 0.3) is 0 Å². The maximum absolute atomic E-state index is 12.9. The van der Waals surface area contributed by atoms with E-state index < -0.39 is 6.10 Å². The predicted molar refractivity (Wildman–Crippen MR) is 71.8 cm³/mol. The molecule has 1 N–H and O–H groups in total. The van der Waals surface area contributed by atoms with Gasteiger partial charge in [-0.05, 0) is 37.0 Å². The molecule has 3 heteroatoms. The summed E-state index contributed by atoms with van der Waals surface area (Å²) in [5.41, 5.74) is 0.551. The van der Waals surface area contributed by atoms with Crippen molar-refractivity contribution < 1.29 is 9.50 Å². The maximum atomic E-state index is 12.9. The van der Waals surface area contributed by atoms with Crippen LogP contribution in [0.2, 0.25) is 0 Å². The monoisotopic (exact) mass is 249 g/mol. The third kappa shape index (κ3) is 4.22. The van der Waals surface area contributed by atoms with E-state index in [-0.39, 0.29) is 5.82 Å². The van der Waals surface area contributed by atoms with Gasteiger partial charge >= 0.3 is 0 Å². The summed E-state index contributed by atoms with van der Waals surface area (Å²) in [6, 6.07) is 6.09. The molecule has 0 radical (unpaired) electrons. The number of halogens is 1. The molecule has 0 amide bonds. The van der Waals surface area contributed by atoms with Gasteiger partial charge in [0.05, 0.1) is 11.8 Å². The molecule has 1 aromatic rings. The van der Waals surface area contributed by atoms with E-state index in [2.05, 4.69) is 4.99 Å². The molecule has 2 nitrogen and oxygen atoms in total. The number of rotatable bonds is 5. The molecule has 0 heterocycles. The Morgan fingerprint density at radius 1 is 1.39 bits per heavy atom. The van der Waals surface area contributed by atoms with Crippen LogP contribution in [-0.2, 0) is 0 Å². The minimum atomic E-state index is -0.520. The van der Waals surface area contributed by atoms with Crippen molar-refractivity contribution in [2.24, 2.45) is 10.9 Å². The van der Waals surface area contributed by atoms with Crippen LogP contribution >= 0.6 is 0 Å². The molecule has 1 fully saturated rings. The second-order valence-electron chi connectivity index (χ2n) is 5.05. The lowest BCUT2D eigenvalue weighted by atomic mass is 10.00. The second kappa shape index (κ2) is 6.64. The number of aliphatic hydroxyl groups excluding tert-OH is 1. The fourth-order valence-electron chi connectivity index (χ4n) is 2.51. The summed E-state index contributed by atoms with van der Waals surface area (Å²) in [5.74, 6) is 0.479. The zero-order chi connectivity index (χ0) is 12.8. The van der Waals surface area contributed by atoms with Crippen molar-refractivity contribution in [3.8, 4) is 0 Å². The Morgan fingerprint density at radius 3 is 2.89 bits per heavy atom. The molecule has 0 saturated heterocycles. The summed E-state index contributed by atoms with van der Waals surface area (Å²) in [6.07, 6.45) is 8.08. The van der Waals surface area contributed by atoms with Crippen LogP contribution in [0.15, 0.2) is 29.3 Å². The van der Waals surface area contributed by atoms with Crippen LogP contribution in [0.5, 0.6) is 0 Å². The minimum Gasteiger partial charge on any atom is -0.387 e. The number of benzene rings is 1. The lowest BCUT2D eigenvalue weighted by Gasteiger charge is -2.10. The van der Waals surface area contributed by atoms with E-state index in [0.29, 0.717) is 5.69 Å². The number of hydrogen-bond acceptors (Lipinski definition) is 2. The van der Waals surface area contributed by atoms with E-state index in [4.69, 9.17) is 0 Å². The molecule has 1 aliphatic carbocycles. The lowest BCUT2D eigenvalue weighted by molar-refractivity contribution is 0.222. The first-order valence-electron chi connectivity index (χ1n) is 6.72. The lowest BCUT2D eigenvalue weighted by Crippen LogP contribution is -2.09. The number of aliphatic imine (C=N–C) groups is 1. The molecule has 18 heavy (non-hydrogen) atoms. The Morgan fingerprint density at radius 2 is 2.17 bits per heavy atom. The van der Waals surface area contributed by atoms with Gasteiger partial charge in [-0.25, -0.2) is 4.39 Å². The van der Waals surface area contributed by atoms with Crippen LogP contribution in [0.1, 0.15) is 38.5 Å². The molecule has 1 unspecified atom stereocenters. The topological polar surface area (TPSA) is 32.6 Å². The Kier molecular flexibility index (Phi) is 4.88. The summed E-state index contributed by atoms with van der Waals surface area (Å²) in [7, 11) is 0. The summed E-state index contributed by atoms with van der Waals surface area (Å²) < 4.78 is 12.9. The van der Waals surface area contributed by atoms with E-state index in [1.807, 2.05) is 0 Å². The van der Waals surface area contributed by atoms with Gasteiger partial charge in [-0.2, -0.15) is 0 Å². The van der Waals surface area contributed by atoms with Crippen LogP contribution in [-0.4, -0.2) is 17.4 Å². The van der Waals surface area contributed by atoms with Crippen molar-refractivity contribution in [2.45, 2.75) is 44.6 Å². The summed E-state index contributed by atoms with van der Waals surface area (Å²) in [6.45, 7) is 0.